The molecule has 3 N–H and O–H groups in total. The number of ether oxygens (including phenoxy) is 3. The Hall–Kier alpha value is -4.37. The number of aliphatic hydroxyl groups is 1. The van der Waals surface area contributed by atoms with Crippen molar-refractivity contribution < 1.29 is 33.7 Å². The molecule has 0 heterocycles. The molecule has 3 aromatic rings. The quantitative estimate of drug-likeness (QED) is 0.314. The Labute approximate surface area is 221 Å². The minimum Gasteiger partial charge on any atom is -0.489 e. The van der Waals surface area contributed by atoms with Gasteiger partial charge in [0.1, 0.15) is 31.0 Å². The number of benzene rings is 3. The summed E-state index contributed by atoms with van der Waals surface area (Å²) in [7, 11) is 1.21. The molecule has 0 aromatic heterocycles. The molecule has 0 aliphatic carbocycles. The van der Waals surface area contributed by atoms with Crippen LogP contribution >= 0.6 is 0 Å². The fraction of sp³-hybridized carbons (Fsp3) is 0.276. The lowest BCUT2D eigenvalue weighted by molar-refractivity contribution is -0.145. The summed E-state index contributed by atoms with van der Waals surface area (Å²) in [5, 5.41) is 15.1. The van der Waals surface area contributed by atoms with Gasteiger partial charge in [0.25, 0.3) is 0 Å². The first-order valence-corrected chi connectivity index (χ1v) is 12.1. The van der Waals surface area contributed by atoms with E-state index >= 15 is 0 Å². The Balaban J connectivity index is 1.61. The van der Waals surface area contributed by atoms with Crippen LogP contribution in [0.2, 0.25) is 0 Å². The maximum atomic E-state index is 13.0. The Kier molecular flexibility index (Phi) is 10.7. The van der Waals surface area contributed by atoms with Crippen molar-refractivity contribution in [3.63, 3.8) is 0 Å². The maximum Gasteiger partial charge on any atom is 0.408 e. The van der Waals surface area contributed by atoms with Gasteiger partial charge in [0.05, 0.1) is 13.2 Å². The van der Waals surface area contributed by atoms with Gasteiger partial charge in [-0.2, -0.15) is 0 Å². The smallest absolute Gasteiger partial charge is 0.408 e. The van der Waals surface area contributed by atoms with Crippen molar-refractivity contribution in [2.45, 2.75) is 44.7 Å². The number of methoxy groups -OCH3 is 1. The number of carbonyl (C=O) groups is 3. The van der Waals surface area contributed by atoms with E-state index in [1.807, 2.05) is 36.4 Å². The third kappa shape index (κ3) is 8.94. The van der Waals surface area contributed by atoms with Crippen molar-refractivity contribution in [2.75, 3.05) is 7.11 Å². The van der Waals surface area contributed by atoms with Crippen LogP contribution in [0.15, 0.2) is 84.9 Å². The van der Waals surface area contributed by atoms with E-state index < -0.39 is 36.2 Å². The molecule has 3 rings (SSSR count). The van der Waals surface area contributed by atoms with E-state index in [1.54, 1.807) is 48.5 Å². The number of carbonyl (C=O) groups excluding carboxylic acids is 3. The number of nitrogens with one attached hydrogen (secondary N) is 2. The summed E-state index contributed by atoms with van der Waals surface area (Å²) < 4.78 is 15.9. The lowest BCUT2D eigenvalue weighted by atomic mass is 10.0. The summed E-state index contributed by atoms with van der Waals surface area (Å²) in [6, 6.07) is 23.4. The van der Waals surface area contributed by atoms with Crippen LogP contribution in [0.4, 0.5) is 4.79 Å². The third-order valence-corrected chi connectivity index (χ3v) is 5.64. The van der Waals surface area contributed by atoms with Gasteiger partial charge < -0.3 is 30.0 Å². The normalized spacial score (nSPS) is 12.9. The van der Waals surface area contributed by atoms with Gasteiger partial charge in [0, 0.05) is 6.42 Å². The highest BCUT2D eigenvalue weighted by molar-refractivity contribution is 5.90. The second kappa shape index (κ2) is 14.4. The van der Waals surface area contributed by atoms with E-state index in [1.165, 1.54) is 14.0 Å². The number of hydrogen-bond acceptors (Lipinski definition) is 7. The van der Waals surface area contributed by atoms with Crippen LogP contribution in [-0.4, -0.2) is 48.4 Å². The predicted molar refractivity (Wildman–Crippen MR) is 140 cm³/mol. The summed E-state index contributed by atoms with van der Waals surface area (Å²) in [4.78, 5) is 37.7. The van der Waals surface area contributed by atoms with Crippen molar-refractivity contribution in [3.05, 3.63) is 102 Å². The highest BCUT2D eigenvalue weighted by Crippen LogP contribution is 2.17. The second-order valence-corrected chi connectivity index (χ2v) is 8.63. The zero-order valence-electron chi connectivity index (χ0n) is 21.3. The number of aliphatic hydroxyl groups excluding tert-OH is 1. The largest absolute Gasteiger partial charge is 0.489 e. The molecule has 200 valence electrons. The fourth-order valence-electron chi connectivity index (χ4n) is 3.63. The molecular weight excluding hydrogens is 488 g/mol. The van der Waals surface area contributed by atoms with Gasteiger partial charge in [0.2, 0.25) is 5.91 Å². The number of hydrogen-bond donors (Lipinski definition) is 3. The molecule has 0 fully saturated rings. The standard InChI is InChI=1S/C29H32N2O7/c1-20(32)26(31-29(35)38-19-22-12-7-4-8-13-22)27(33)30-25(28(34)36-2)17-23-14-9-15-24(16-23)37-18-21-10-5-3-6-11-21/h3-16,20,25-26,32H,17-19H2,1-2H3,(H,30,33)(H,31,35)/t20-,25+,26+/m1/s1. The summed E-state index contributed by atoms with van der Waals surface area (Å²) in [6.45, 7) is 1.72. The number of esters is 1. The first-order valence-electron chi connectivity index (χ1n) is 12.1. The SMILES string of the molecule is COC(=O)[C@H](Cc1cccc(OCc2ccccc2)c1)NC(=O)[C@@H](NC(=O)OCc1ccccc1)[C@@H](C)O. The zero-order valence-corrected chi connectivity index (χ0v) is 21.3. The van der Waals surface area contributed by atoms with E-state index in [0.29, 0.717) is 12.4 Å². The van der Waals surface area contributed by atoms with Crippen LogP contribution in [-0.2, 0) is 38.7 Å². The average Bonchev–Trinajstić information content (AvgIpc) is 2.94. The Morgan fingerprint density at radius 2 is 1.42 bits per heavy atom. The molecule has 0 aliphatic rings. The van der Waals surface area contributed by atoms with Crippen molar-refractivity contribution in [1.82, 2.24) is 10.6 Å². The van der Waals surface area contributed by atoms with Crippen LogP contribution in [0.3, 0.4) is 0 Å². The lowest BCUT2D eigenvalue weighted by Crippen LogP contribution is -2.56. The fourth-order valence-corrected chi connectivity index (χ4v) is 3.63. The van der Waals surface area contributed by atoms with Crippen molar-refractivity contribution in [1.29, 1.82) is 0 Å². The van der Waals surface area contributed by atoms with Crippen molar-refractivity contribution in [3.8, 4) is 5.75 Å². The van der Waals surface area contributed by atoms with Crippen molar-refractivity contribution in [2.24, 2.45) is 0 Å². The molecule has 2 amide bonds. The average molecular weight is 521 g/mol. The predicted octanol–water partition coefficient (Wildman–Crippen LogP) is 3.14. The van der Waals surface area contributed by atoms with E-state index in [9.17, 15) is 19.5 Å². The van der Waals surface area contributed by atoms with Gasteiger partial charge >= 0.3 is 12.1 Å². The summed E-state index contributed by atoms with van der Waals surface area (Å²) in [6.07, 6.45) is -2.04. The highest BCUT2D eigenvalue weighted by atomic mass is 16.5. The van der Waals surface area contributed by atoms with Crippen LogP contribution < -0.4 is 15.4 Å². The van der Waals surface area contributed by atoms with Gasteiger partial charge in [0.15, 0.2) is 0 Å². The molecule has 3 atom stereocenters. The van der Waals surface area contributed by atoms with Crippen LogP contribution in [0, 0.1) is 0 Å². The Bertz CT molecular complexity index is 1190. The first kappa shape index (κ1) is 28.2. The first-order chi connectivity index (χ1) is 18.4. The third-order valence-electron chi connectivity index (χ3n) is 5.64. The maximum absolute atomic E-state index is 13.0. The van der Waals surface area contributed by atoms with Crippen molar-refractivity contribution >= 4 is 18.0 Å². The van der Waals surface area contributed by atoms with Gasteiger partial charge in [-0.05, 0) is 35.7 Å². The Morgan fingerprint density at radius 1 is 0.816 bits per heavy atom. The molecule has 0 bridgehead atoms. The summed E-state index contributed by atoms with van der Waals surface area (Å²) in [5.41, 5.74) is 2.49. The molecule has 38 heavy (non-hydrogen) atoms. The van der Waals surface area contributed by atoms with Gasteiger partial charge in [-0.25, -0.2) is 9.59 Å². The van der Waals surface area contributed by atoms with Crippen LogP contribution in [0.5, 0.6) is 5.75 Å². The van der Waals surface area contributed by atoms with E-state index in [0.717, 1.165) is 16.7 Å². The molecule has 3 aromatic carbocycles. The lowest BCUT2D eigenvalue weighted by Gasteiger charge is -2.24. The minimum absolute atomic E-state index is 0.00566. The summed E-state index contributed by atoms with van der Waals surface area (Å²) >= 11 is 0. The topological polar surface area (TPSA) is 123 Å². The zero-order chi connectivity index (χ0) is 27.3. The summed E-state index contributed by atoms with van der Waals surface area (Å²) in [5.74, 6) is -0.834. The molecule has 0 radical (unpaired) electrons. The second-order valence-electron chi connectivity index (χ2n) is 8.63. The molecule has 0 saturated carbocycles. The molecule has 9 nitrogen and oxygen atoms in total. The molecule has 0 spiro atoms. The molecule has 0 aliphatic heterocycles. The van der Waals surface area contributed by atoms with Gasteiger partial charge in [-0.3, -0.25) is 4.79 Å². The van der Waals surface area contributed by atoms with Crippen LogP contribution in [0.1, 0.15) is 23.6 Å². The number of alkyl carbamates (subject to hydrolysis) is 1. The molecule has 9 heteroatoms. The minimum atomic E-state index is -1.36. The highest BCUT2D eigenvalue weighted by Gasteiger charge is 2.31. The molecule has 0 unspecified atom stereocenters. The monoisotopic (exact) mass is 520 g/mol. The Morgan fingerprint density at radius 3 is 2.03 bits per heavy atom. The van der Waals surface area contributed by atoms with Crippen LogP contribution in [0.25, 0.3) is 0 Å². The number of rotatable bonds is 12. The van der Waals surface area contributed by atoms with Gasteiger partial charge in [-0.15, -0.1) is 0 Å². The van der Waals surface area contributed by atoms with Gasteiger partial charge in [-0.1, -0.05) is 72.8 Å². The molecule has 0 saturated heterocycles. The van der Waals surface area contributed by atoms with E-state index in [-0.39, 0.29) is 13.0 Å². The number of amides is 2. The van der Waals surface area contributed by atoms with E-state index in [4.69, 9.17) is 14.2 Å². The van der Waals surface area contributed by atoms with E-state index in [2.05, 4.69) is 10.6 Å². The molecular formula is C29H32N2O7.